The predicted molar refractivity (Wildman–Crippen MR) is 51.6 cm³/mol. The Bertz CT molecular complexity index is 334. The lowest BCUT2D eigenvalue weighted by atomic mass is 10.2. The molecule has 0 heterocycles. The fourth-order valence-corrected chi connectivity index (χ4v) is 1.28. The van der Waals surface area contributed by atoms with Gasteiger partial charge in [-0.3, -0.25) is 0 Å². The third kappa shape index (κ3) is 4.04. The maximum absolute atomic E-state index is 12.5. The Labute approximate surface area is 99.5 Å². The molecule has 0 aromatic heterocycles. The van der Waals surface area contributed by atoms with Crippen LogP contribution in [0.15, 0.2) is 0 Å². The van der Waals surface area contributed by atoms with E-state index in [-0.39, 0.29) is 5.92 Å². The molecule has 0 radical (unpaired) electrons. The molecule has 1 fully saturated rings. The third-order valence-electron chi connectivity index (χ3n) is 2.45. The lowest BCUT2D eigenvalue weighted by Crippen LogP contribution is -2.50. The number of hydrogen-bond acceptors (Lipinski definition) is 2. The zero-order valence-corrected chi connectivity index (χ0v) is 9.13. The van der Waals surface area contributed by atoms with Crippen LogP contribution in [0.4, 0.5) is 22.4 Å². The lowest BCUT2D eigenvalue weighted by molar-refractivity contribution is -0.139. The van der Waals surface area contributed by atoms with Crippen molar-refractivity contribution >= 4 is 12.0 Å². The number of nitrogens with one attached hydrogen (secondary N) is 2. The van der Waals surface area contributed by atoms with E-state index in [9.17, 15) is 27.2 Å². The van der Waals surface area contributed by atoms with E-state index in [1.54, 1.807) is 0 Å². The summed E-state index contributed by atoms with van der Waals surface area (Å²) in [4.78, 5) is 21.8. The molecule has 0 spiro atoms. The Balaban J connectivity index is 2.39. The first kappa shape index (κ1) is 14.5. The van der Waals surface area contributed by atoms with E-state index in [2.05, 4.69) is 0 Å². The molecule has 1 saturated carbocycles. The van der Waals surface area contributed by atoms with Gasteiger partial charge in [-0.1, -0.05) is 0 Å². The molecule has 5 nitrogen and oxygen atoms in total. The van der Waals surface area contributed by atoms with Gasteiger partial charge in [0, 0.05) is 0 Å². The summed E-state index contributed by atoms with van der Waals surface area (Å²) < 4.78 is 48.5. The Morgan fingerprint density at radius 3 is 2.28 bits per heavy atom. The van der Waals surface area contributed by atoms with Crippen LogP contribution < -0.4 is 10.6 Å². The van der Waals surface area contributed by atoms with Gasteiger partial charge in [-0.15, -0.1) is 0 Å². The minimum absolute atomic E-state index is 0.233. The third-order valence-corrected chi connectivity index (χ3v) is 2.45. The van der Waals surface area contributed by atoms with Crippen molar-refractivity contribution in [2.24, 2.45) is 5.92 Å². The Morgan fingerprint density at radius 1 is 1.33 bits per heavy atom. The van der Waals surface area contributed by atoms with E-state index in [1.807, 2.05) is 5.32 Å². The van der Waals surface area contributed by atoms with E-state index in [4.69, 9.17) is 5.11 Å². The van der Waals surface area contributed by atoms with Crippen LogP contribution in [-0.2, 0) is 4.79 Å². The van der Waals surface area contributed by atoms with Crippen LogP contribution in [0, 0.1) is 5.92 Å². The number of carbonyl (C=O) groups excluding carboxylic acids is 1. The van der Waals surface area contributed by atoms with Crippen LogP contribution >= 0.6 is 0 Å². The van der Waals surface area contributed by atoms with Crippen molar-refractivity contribution in [2.75, 3.05) is 6.54 Å². The smallest absolute Gasteiger partial charge is 0.326 e. The van der Waals surface area contributed by atoms with Crippen LogP contribution in [0.2, 0.25) is 0 Å². The largest absolute Gasteiger partial charge is 0.480 e. The quantitative estimate of drug-likeness (QED) is 0.632. The van der Waals surface area contributed by atoms with E-state index in [1.165, 1.54) is 5.32 Å². The maximum atomic E-state index is 12.5. The molecule has 18 heavy (non-hydrogen) atoms. The molecule has 0 aromatic rings. The second kappa shape index (κ2) is 5.40. The summed E-state index contributed by atoms with van der Waals surface area (Å²) in [7, 11) is 0. The van der Waals surface area contributed by atoms with Gasteiger partial charge in [-0.2, -0.15) is 8.78 Å². The lowest BCUT2D eigenvalue weighted by Gasteiger charge is -2.18. The van der Waals surface area contributed by atoms with Crippen molar-refractivity contribution in [1.29, 1.82) is 0 Å². The van der Waals surface area contributed by atoms with E-state index >= 15 is 0 Å². The number of hydrogen-bond donors (Lipinski definition) is 3. The number of halogens is 4. The normalized spacial score (nSPS) is 17.4. The number of alkyl halides is 4. The molecule has 0 saturated heterocycles. The Hall–Kier alpha value is -1.54. The molecule has 1 atom stereocenters. The average Bonchev–Trinajstić information content (AvgIpc) is 3.06. The number of aliphatic carboxylic acids is 1. The highest BCUT2D eigenvalue weighted by molar-refractivity contribution is 5.83. The Kier molecular flexibility index (Phi) is 4.36. The molecule has 3 N–H and O–H groups in total. The molecule has 104 valence electrons. The van der Waals surface area contributed by atoms with Gasteiger partial charge in [0.1, 0.15) is 6.04 Å². The molecular formula is C9H12F4N2O3. The molecular weight excluding hydrogens is 260 g/mol. The van der Waals surface area contributed by atoms with Crippen molar-refractivity contribution < 1.29 is 32.3 Å². The van der Waals surface area contributed by atoms with Crippen molar-refractivity contribution in [3.8, 4) is 0 Å². The number of carbonyl (C=O) groups is 2. The zero-order valence-electron chi connectivity index (χ0n) is 9.13. The van der Waals surface area contributed by atoms with Crippen molar-refractivity contribution in [3.63, 3.8) is 0 Å². The highest BCUT2D eigenvalue weighted by Gasteiger charge is 2.42. The van der Waals surface area contributed by atoms with E-state index < -0.39 is 36.9 Å². The summed E-state index contributed by atoms with van der Waals surface area (Å²) in [5, 5.41) is 12.2. The van der Waals surface area contributed by atoms with Crippen LogP contribution in [-0.4, -0.2) is 42.0 Å². The second-order valence-electron chi connectivity index (χ2n) is 4.04. The summed E-state index contributed by atoms with van der Waals surface area (Å²) in [5.41, 5.74) is 0. The zero-order chi connectivity index (χ0) is 13.9. The monoisotopic (exact) mass is 272 g/mol. The molecule has 0 aromatic carbocycles. The first-order valence-electron chi connectivity index (χ1n) is 5.17. The van der Waals surface area contributed by atoms with Crippen molar-refractivity contribution in [1.82, 2.24) is 10.6 Å². The summed E-state index contributed by atoms with van der Waals surface area (Å²) in [5.74, 6) is -5.85. The molecule has 0 bridgehead atoms. The van der Waals surface area contributed by atoms with Gasteiger partial charge in [-0.25, -0.2) is 18.4 Å². The van der Waals surface area contributed by atoms with Crippen LogP contribution in [0.25, 0.3) is 0 Å². The summed E-state index contributed by atoms with van der Waals surface area (Å²) in [6.45, 7) is -1.55. The number of amides is 2. The fraction of sp³-hybridized carbons (Fsp3) is 0.778. The van der Waals surface area contributed by atoms with Gasteiger partial charge >= 0.3 is 24.3 Å². The molecule has 1 rings (SSSR count). The summed E-state index contributed by atoms with van der Waals surface area (Å²) in [6.07, 6.45) is -2.66. The highest BCUT2D eigenvalue weighted by atomic mass is 19.3. The van der Waals surface area contributed by atoms with Gasteiger partial charge in [0.25, 0.3) is 0 Å². The standard InChI is InChI=1S/C9H12F4N2O3/c10-7(11)9(12,13)3-14-8(18)15-5(6(16)17)4-1-2-4/h4-5,7H,1-3H2,(H,16,17)(H2,14,15,18). The van der Waals surface area contributed by atoms with Gasteiger partial charge in [0.05, 0.1) is 6.54 Å². The first-order valence-corrected chi connectivity index (χ1v) is 5.17. The number of carboxylic acids is 1. The summed E-state index contributed by atoms with van der Waals surface area (Å²) in [6, 6.07) is -2.38. The van der Waals surface area contributed by atoms with Gasteiger partial charge in [0.2, 0.25) is 0 Å². The molecule has 1 aliphatic carbocycles. The maximum Gasteiger partial charge on any atom is 0.326 e. The first-order chi connectivity index (χ1) is 8.24. The van der Waals surface area contributed by atoms with Gasteiger partial charge < -0.3 is 15.7 Å². The number of rotatable bonds is 6. The number of urea groups is 1. The van der Waals surface area contributed by atoms with E-state index in [0.29, 0.717) is 12.8 Å². The molecule has 0 aliphatic heterocycles. The topological polar surface area (TPSA) is 78.4 Å². The van der Waals surface area contributed by atoms with Crippen LogP contribution in [0.1, 0.15) is 12.8 Å². The molecule has 1 unspecified atom stereocenters. The van der Waals surface area contributed by atoms with Gasteiger partial charge in [0.15, 0.2) is 0 Å². The van der Waals surface area contributed by atoms with Crippen molar-refractivity contribution in [3.05, 3.63) is 0 Å². The van der Waals surface area contributed by atoms with E-state index in [0.717, 1.165) is 0 Å². The SMILES string of the molecule is O=C(NCC(F)(F)C(F)F)NC(C(=O)O)C1CC1. The minimum Gasteiger partial charge on any atom is -0.480 e. The van der Waals surface area contributed by atoms with Crippen LogP contribution in [0.5, 0.6) is 0 Å². The molecule has 9 heteroatoms. The Morgan fingerprint density at radius 2 is 1.89 bits per heavy atom. The van der Waals surface area contributed by atoms with Crippen LogP contribution in [0.3, 0.4) is 0 Å². The average molecular weight is 272 g/mol. The second-order valence-corrected chi connectivity index (χ2v) is 4.04. The summed E-state index contributed by atoms with van der Waals surface area (Å²) >= 11 is 0. The predicted octanol–water partition coefficient (Wildman–Crippen LogP) is 1.05. The van der Waals surface area contributed by atoms with Gasteiger partial charge in [-0.05, 0) is 18.8 Å². The number of carboxylic acid groups (broad SMARTS) is 1. The minimum atomic E-state index is -4.34. The fourth-order valence-electron chi connectivity index (χ4n) is 1.28. The highest BCUT2D eigenvalue weighted by Crippen LogP contribution is 2.32. The molecule has 1 aliphatic rings. The molecule has 2 amide bonds. The van der Waals surface area contributed by atoms with Crippen molar-refractivity contribution in [2.45, 2.75) is 31.2 Å².